The zero-order valence-electron chi connectivity index (χ0n) is 23.0. The van der Waals surface area contributed by atoms with E-state index in [0.717, 1.165) is 4.90 Å². The Hall–Kier alpha value is -3.68. The highest BCUT2D eigenvalue weighted by Gasteiger charge is 2.71. The highest BCUT2D eigenvalue weighted by Crippen LogP contribution is 2.51. The first kappa shape index (κ1) is 31.3. The van der Waals surface area contributed by atoms with Crippen molar-refractivity contribution in [2.24, 2.45) is 0 Å². The smallest absolute Gasteiger partial charge is 0.430 e. The Labute approximate surface area is 237 Å². The number of ether oxygens (including phenoxy) is 3. The van der Waals surface area contributed by atoms with Gasteiger partial charge in [-0.05, 0) is 60.7 Å². The first-order chi connectivity index (χ1) is 19.6. The summed E-state index contributed by atoms with van der Waals surface area (Å²) in [6.45, 7) is 4.36. The average molecular weight is 605 g/mol. The summed E-state index contributed by atoms with van der Waals surface area (Å²) < 4.78 is 98.3. The number of amides is 3. The highest BCUT2D eigenvalue weighted by molar-refractivity contribution is 6.07. The fourth-order valence-corrected chi connectivity index (χ4v) is 5.09. The quantitative estimate of drug-likeness (QED) is 0.276. The van der Waals surface area contributed by atoms with Gasteiger partial charge in [-0.25, -0.2) is 4.79 Å². The maximum atomic E-state index is 13.6. The van der Waals surface area contributed by atoms with Crippen molar-refractivity contribution in [3.63, 3.8) is 0 Å². The van der Waals surface area contributed by atoms with Gasteiger partial charge in [0.05, 0.1) is 6.54 Å². The summed E-state index contributed by atoms with van der Waals surface area (Å²) in [5, 5.41) is 12.7. The molecule has 1 unspecified atom stereocenters. The Morgan fingerprint density at radius 1 is 0.952 bits per heavy atom. The van der Waals surface area contributed by atoms with E-state index in [0.29, 0.717) is 42.0 Å². The fraction of sp³-hybridized carbons (Fsp3) is 0.500. The maximum Gasteiger partial charge on any atom is 0.430 e. The van der Waals surface area contributed by atoms with Crippen LogP contribution in [0.1, 0.15) is 55.9 Å². The first-order valence-electron chi connectivity index (χ1n) is 13.3. The minimum absolute atomic E-state index is 0.0198. The number of nitrogens with one attached hydrogen (secondary N) is 1. The van der Waals surface area contributed by atoms with Crippen molar-refractivity contribution < 1.29 is 55.2 Å². The molecule has 8 nitrogen and oxygen atoms in total. The molecule has 0 spiro atoms. The Balaban J connectivity index is 1.60. The van der Waals surface area contributed by atoms with Crippen LogP contribution in [0.5, 0.6) is 17.2 Å². The van der Waals surface area contributed by atoms with Crippen molar-refractivity contribution in [1.82, 2.24) is 10.2 Å². The molecule has 1 saturated heterocycles. The van der Waals surface area contributed by atoms with Crippen LogP contribution in [0.25, 0.3) is 0 Å². The van der Waals surface area contributed by atoms with Crippen molar-refractivity contribution in [3.05, 3.63) is 52.6 Å². The van der Waals surface area contributed by atoms with E-state index in [4.69, 9.17) is 14.2 Å². The minimum Gasteiger partial charge on any atom is -0.491 e. The molecular formula is C28H30F6N2O6. The molecule has 0 radical (unpaired) electrons. The third kappa shape index (κ3) is 5.32. The number of imide groups is 1. The van der Waals surface area contributed by atoms with Gasteiger partial charge in [-0.3, -0.25) is 9.69 Å². The lowest BCUT2D eigenvalue weighted by atomic mass is 9.87. The average Bonchev–Trinajstić information content (AvgIpc) is 3.46. The molecule has 2 aliphatic rings. The van der Waals surface area contributed by atoms with E-state index in [1.807, 2.05) is 0 Å². The van der Waals surface area contributed by atoms with Gasteiger partial charge in [0.15, 0.2) is 11.5 Å². The van der Waals surface area contributed by atoms with E-state index in [2.05, 4.69) is 5.32 Å². The molecule has 0 aromatic heterocycles. The van der Waals surface area contributed by atoms with Crippen molar-refractivity contribution in [1.29, 1.82) is 0 Å². The monoisotopic (exact) mass is 604 g/mol. The molecule has 3 amide bonds. The van der Waals surface area contributed by atoms with E-state index in [9.17, 15) is 41.0 Å². The summed E-state index contributed by atoms with van der Waals surface area (Å²) >= 11 is 0. The zero-order chi connectivity index (χ0) is 31.1. The molecule has 4 rings (SSSR count). The lowest BCUT2D eigenvalue weighted by molar-refractivity contribution is -0.376. The Bertz CT molecular complexity index is 1320. The molecule has 2 aromatic carbocycles. The van der Waals surface area contributed by atoms with Crippen molar-refractivity contribution in [3.8, 4) is 17.2 Å². The van der Waals surface area contributed by atoms with Crippen LogP contribution in [0.4, 0.5) is 31.1 Å². The number of benzene rings is 2. The lowest BCUT2D eigenvalue weighted by Crippen LogP contribution is -2.54. The van der Waals surface area contributed by atoms with Gasteiger partial charge in [0, 0.05) is 5.56 Å². The number of aliphatic hydroxyl groups is 1. The largest absolute Gasteiger partial charge is 0.491 e. The molecule has 2 aromatic rings. The number of halogens is 6. The molecular weight excluding hydrogens is 574 g/mol. The molecule has 230 valence electrons. The SMILES string of the molecule is CCCc1cc(C(O)(C(F)(F)F)C(F)(F)F)cc(CCC)c1OCCN1C(=O)NC(C)(c2ccc3c(c2)OCO3)C1=O. The Kier molecular flexibility index (Phi) is 8.33. The zero-order valence-corrected chi connectivity index (χ0v) is 23.0. The van der Waals surface area contributed by atoms with Gasteiger partial charge in [0.1, 0.15) is 17.9 Å². The van der Waals surface area contributed by atoms with Crippen LogP contribution in [0, 0.1) is 0 Å². The van der Waals surface area contributed by atoms with Crippen LogP contribution in [0.2, 0.25) is 0 Å². The minimum atomic E-state index is -6.03. The van der Waals surface area contributed by atoms with E-state index < -0.39 is 41.0 Å². The second-order valence-corrected chi connectivity index (χ2v) is 10.3. The number of aryl methyl sites for hydroxylation is 2. The number of hydrogen-bond donors (Lipinski definition) is 2. The van der Waals surface area contributed by atoms with Crippen molar-refractivity contribution >= 4 is 11.9 Å². The molecule has 42 heavy (non-hydrogen) atoms. The van der Waals surface area contributed by atoms with Gasteiger partial charge in [0.25, 0.3) is 11.5 Å². The number of hydrogen-bond acceptors (Lipinski definition) is 6. The Morgan fingerprint density at radius 3 is 2.07 bits per heavy atom. The maximum absolute atomic E-state index is 13.6. The molecule has 2 N–H and O–H groups in total. The number of nitrogens with zero attached hydrogens (tertiary/aromatic N) is 1. The van der Waals surface area contributed by atoms with Gasteiger partial charge in [-0.1, -0.05) is 32.8 Å². The van der Waals surface area contributed by atoms with Crippen LogP contribution >= 0.6 is 0 Å². The predicted molar refractivity (Wildman–Crippen MR) is 136 cm³/mol. The van der Waals surface area contributed by atoms with Crippen LogP contribution < -0.4 is 19.5 Å². The molecule has 14 heteroatoms. The Morgan fingerprint density at radius 2 is 1.52 bits per heavy atom. The lowest BCUT2D eigenvalue weighted by Gasteiger charge is -2.33. The second kappa shape index (κ2) is 11.2. The van der Waals surface area contributed by atoms with Gasteiger partial charge in [0.2, 0.25) is 6.79 Å². The standard InChI is InChI=1S/C28H30F6N2O6/c1-4-6-16-12-19(26(39,27(29,30)31)28(32,33)34)13-17(7-5-2)22(16)40-11-10-36-23(37)25(3,35-24(36)38)18-8-9-20-21(14-18)42-15-41-20/h8-9,12-14,39H,4-7,10-11,15H2,1-3H3,(H,35,38). The number of alkyl halides is 6. The number of urea groups is 1. The van der Waals surface area contributed by atoms with Crippen LogP contribution in [0.3, 0.4) is 0 Å². The van der Waals surface area contributed by atoms with Gasteiger partial charge in [-0.15, -0.1) is 0 Å². The first-order valence-corrected chi connectivity index (χ1v) is 13.3. The van der Waals surface area contributed by atoms with Crippen LogP contribution in [0.15, 0.2) is 30.3 Å². The van der Waals surface area contributed by atoms with Crippen LogP contribution in [-0.4, -0.2) is 54.2 Å². The summed E-state index contributed by atoms with van der Waals surface area (Å²) in [6.07, 6.45) is -11.3. The number of carbonyl (C=O) groups excluding carboxylic acids is 2. The topological polar surface area (TPSA) is 97.3 Å². The molecule has 1 fully saturated rings. The molecule has 0 aliphatic carbocycles. The van der Waals surface area contributed by atoms with E-state index in [-0.39, 0.29) is 49.7 Å². The number of rotatable bonds is 10. The number of fused-ring (bicyclic) bond motifs is 1. The van der Waals surface area contributed by atoms with Crippen molar-refractivity contribution in [2.45, 2.75) is 69.9 Å². The van der Waals surface area contributed by atoms with E-state index >= 15 is 0 Å². The third-order valence-corrected chi connectivity index (χ3v) is 7.31. The fourth-order valence-electron chi connectivity index (χ4n) is 5.09. The summed E-state index contributed by atoms with van der Waals surface area (Å²) in [5.41, 5.74) is -7.35. The summed E-state index contributed by atoms with van der Waals surface area (Å²) in [4.78, 5) is 27.0. The molecule has 0 saturated carbocycles. The second-order valence-electron chi connectivity index (χ2n) is 10.3. The normalized spacial score (nSPS) is 19.0. The van der Waals surface area contributed by atoms with E-state index in [1.165, 1.54) is 6.92 Å². The van der Waals surface area contributed by atoms with Gasteiger partial charge in [-0.2, -0.15) is 26.3 Å². The molecule has 0 bridgehead atoms. The highest BCUT2D eigenvalue weighted by atomic mass is 19.4. The van der Waals surface area contributed by atoms with Gasteiger partial charge >= 0.3 is 18.4 Å². The summed E-state index contributed by atoms with van der Waals surface area (Å²) in [6, 6.07) is 5.42. The third-order valence-electron chi connectivity index (χ3n) is 7.31. The van der Waals surface area contributed by atoms with Gasteiger partial charge < -0.3 is 24.6 Å². The number of carbonyl (C=O) groups is 2. The van der Waals surface area contributed by atoms with Crippen molar-refractivity contribution in [2.75, 3.05) is 19.9 Å². The molecule has 2 heterocycles. The summed E-state index contributed by atoms with van der Waals surface area (Å²) in [7, 11) is 0. The van der Waals surface area contributed by atoms with E-state index in [1.54, 1.807) is 32.0 Å². The molecule has 2 aliphatic heterocycles. The molecule has 1 atom stereocenters. The predicted octanol–water partition coefficient (Wildman–Crippen LogP) is 5.48. The van der Waals surface area contributed by atoms with Crippen LogP contribution in [-0.2, 0) is 28.8 Å². The summed E-state index contributed by atoms with van der Waals surface area (Å²) in [5.74, 6) is 0.369.